The van der Waals surface area contributed by atoms with E-state index in [0.29, 0.717) is 5.75 Å². The molecule has 134 valence electrons. The summed E-state index contributed by atoms with van der Waals surface area (Å²) in [6.07, 6.45) is 3.01. The van der Waals surface area contributed by atoms with Crippen LogP contribution in [0.4, 0.5) is 0 Å². The first-order valence-corrected chi connectivity index (χ1v) is 8.26. The summed E-state index contributed by atoms with van der Waals surface area (Å²) in [5.74, 6) is -0.235. The van der Waals surface area contributed by atoms with Gasteiger partial charge in [0.1, 0.15) is 5.75 Å². The molecule has 0 heterocycles. The molecule has 0 aliphatic heterocycles. The Morgan fingerprint density at radius 3 is 2.58 bits per heavy atom. The minimum absolute atomic E-state index is 0.0170. The minimum Gasteiger partial charge on any atom is -0.484 e. The zero-order valence-corrected chi connectivity index (χ0v) is 15.0. The molecule has 0 aliphatic carbocycles. The van der Waals surface area contributed by atoms with Gasteiger partial charge < -0.3 is 4.74 Å². The Kier molecular flexibility index (Phi) is 7.32. The average Bonchev–Trinajstić information content (AvgIpc) is 2.64. The maximum Gasteiger partial charge on any atom is 0.276 e. The van der Waals surface area contributed by atoms with Gasteiger partial charge in [0.05, 0.1) is 0 Å². The highest BCUT2D eigenvalue weighted by Crippen LogP contribution is 2.11. The molecular formula is C19H19N3O3S. The van der Waals surface area contributed by atoms with Gasteiger partial charge in [-0.1, -0.05) is 42.5 Å². The number of thiocarbonyl (C=S) groups is 1. The first kappa shape index (κ1) is 19.1. The number of carbonyl (C=O) groups excluding carboxylic acids is 2. The van der Waals surface area contributed by atoms with Gasteiger partial charge in [-0.15, -0.1) is 0 Å². The molecule has 2 aromatic carbocycles. The molecule has 0 spiro atoms. The lowest BCUT2D eigenvalue weighted by Crippen LogP contribution is -2.49. The normalized spacial score (nSPS) is 10.2. The summed E-state index contributed by atoms with van der Waals surface area (Å²) in [7, 11) is 0. The second-order valence-electron chi connectivity index (χ2n) is 5.34. The van der Waals surface area contributed by atoms with E-state index in [0.717, 1.165) is 11.1 Å². The largest absolute Gasteiger partial charge is 0.484 e. The predicted molar refractivity (Wildman–Crippen MR) is 104 cm³/mol. The van der Waals surface area contributed by atoms with Gasteiger partial charge >= 0.3 is 0 Å². The van der Waals surface area contributed by atoms with Crippen LogP contribution in [0.1, 0.15) is 11.1 Å². The quantitative estimate of drug-likeness (QED) is 0.427. The first-order valence-electron chi connectivity index (χ1n) is 7.85. The monoisotopic (exact) mass is 369 g/mol. The van der Waals surface area contributed by atoms with E-state index in [2.05, 4.69) is 16.2 Å². The van der Waals surface area contributed by atoms with Gasteiger partial charge in [-0.05, 0) is 48.5 Å². The van der Waals surface area contributed by atoms with Crippen LogP contribution < -0.4 is 20.9 Å². The molecule has 0 saturated carbocycles. The summed E-state index contributed by atoms with van der Waals surface area (Å²) < 4.78 is 5.36. The third-order valence-corrected chi connectivity index (χ3v) is 3.34. The predicted octanol–water partition coefficient (Wildman–Crippen LogP) is 2.11. The molecule has 0 unspecified atom stereocenters. The Bertz CT molecular complexity index is 807. The number of amides is 2. The second-order valence-corrected chi connectivity index (χ2v) is 5.75. The van der Waals surface area contributed by atoms with E-state index < -0.39 is 11.8 Å². The summed E-state index contributed by atoms with van der Waals surface area (Å²) in [6, 6.07) is 16.7. The van der Waals surface area contributed by atoms with Gasteiger partial charge in [-0.3, -0.25) is 25.8 Å². The van der Waals surface area contributed by atoms with E-state index in [1.54, 1.807) is 12.1 Å². The van der Waals surface area contributed by atoms with Gasteiger partial charge in [-0.2, -0.15) is 0 Å². The van der Waals surface area contributed by atoms with Crippen molar-refractivity contribution in [2.75, 3.05) is 6.61 Å². The number of aryl methyl sites for hydroxylation is 1. The number of rotatable bonds is 5. The van der Waals surface area contributed by atoms with Crippen LogP contribution in [0, 0.1) is 6.92 Å². The standard InChI is InChI=1S/C19H19N3O3S/c1-14-6-5-9-16(12-14)25-13-18(24)21-22-19(26)20-17(23)11-10-15-7-3-2-4-8-15/h2-12H,13H2,1H3,(H,21,24)(H2,20,22,23,26)/b11-10+. The molecular weight excluding hydrogens is 350 g/mol. The van der Waals surface area contributed by atoms with Gasteiger partial charge in [0.25, 0.3) is 5.91 Å². The fraction of sp³-hybridized carbons (Fsp3) is 0.105. The fourth-order valence-corrected chi connectivity index (χ4v) is 2.09. The van der Waals surface area contributed by atoms with Gasteiger partial charge in [0.15, 0.2) is 11.7 Å². The molecule has 3 N–H and O–H groups in total. The van der Waals surface area contributed by atoms with Crippen LogP contribution in [-0.2, 0) is 9.59 Å². The van der Waals surface area contributed by atoms with Crippen molar-refractivity contribution in [1.82, 2.24) is 16.2 Å². The highest BCUT2D eigenvalue weighted by molar-refractivity contribution is 7.80. The Morgan fingerprint density at radius 2 is 1.85 bits per heavy atom. The van der Waals surface area contributed by atoms with Crippen LogP contribution in [0.3, 0.4) is 0 Å². The van der Waals surface area contributed by atoms with Crippen molar-refractivity contribution in [3.8, 4) is 5.75 Å². The number of ether oxygens (including phenoxy) is 1. The third-order valence-electron chi connectivity index (χ3n) is 3.14. The van der Waals surface area contributed by atoms with Crippen molar-refractivity contribution in [3.63, 3.8) is 0 Å². The number of hydrogen-bond acceptors (Lipinski definition) is 4. The zero-order valence-electron chi connectivity index (χ0n) is 14.2. The van der Waals surface area contributed by atoms with Crippen molar-refractivity contribution < 1.29 is 14.3 Å². The lowest BCUT2D eigenvalue weighted by atomic mass is 10.2. The van der Waals surface area contributed by atoms with E-state index >= 15 is 0 Å². The number of hydrogen-bond donors (Lipinski definition) is 3. The van der Waals surface area contributed by atoms with Crippen molar-refractivity contribution in [2.45, 2.75) is 6.92 Å². The smallest absolute Gasteiger partial charge is 0.276 e. The summed E-state index contributed by atoms with van der Waals surface area (Å²) in [4.78, 5) is 23.5. The molecule has 7 heteroatoms. The second kappa shape index (κ2) is 9.95. The van der Waals surface area contributed by atoms with Crippen LogP contribution in [0.2, 0.25) is 0 Å². The molecule has 0 saturated heterocycles. The van der Waals surface area contributed by atoms with E-state index in [1.165, 1.54) is 6.08 Å². The van der Waals surface area contributed by atoms with Crippen molar-refractivity contribution in [1.29, 1.82) is 0 Å². The first-order chi connectivity index (χ1) is 12.5. The van der Waals surface area contributed by atoms with Gasteiger partial charge in [0, 0.05) is 6.08 Å². The third kappa shape index (κ3) is 7.14. The Balaban J connectivity index is 1.68. The molecule has 0 atom stereocenters. The molecule has 2 rings (SSSR count). The molecule has 0 bridgehead atoms. The van der Waals surface area contributed by atoms with E-state index in [-0.39, 0.29) is 11.7 Å². The molecule has 2 amide bonds. The van der Waals surface area contributed by atoms with Crippen LogP contribution in [-0.4, -0.2) is 23.5 Å². The Hall–Kier alpha value is -3.19. The van der Waals surface area contributed by atoms with E-state index in [1.807, 2.05) is 55.5 Å². The van der Waals surface area contributed by atoms with Crippen molar-refractivity contribution in [2.24, 2.45) is 0 Å². The number of nitrogens with one attached hydrogen (secondary N) is 3. The highest BCUT2D eigenvalue weighted by atomic mass is 32.1. The molecule has 6 nitrogen and oxygen atoms in total. The summed E-state index contributed by atoms with van der Waals surface area (Å²) in [5, 5.41) is 2.41. The zero-order chi connectivity index (χ0) is 18.8. The van der Waals surface area contributed by atoms with Crippen LogP contribution in [0.25, 0.3) is 6.08 Å². The summed E-state index contributed by atoms with van der Waals surface area (Å²) >= 11 is 4.94. The summed E-state index contributed by atoms with van der Waals surface area (Å²) in [5.41, 5.74) is 6.73. The highest BCUT2D eigenvalue weighted by Gasteiger charge is 2.05. The van der Waals surface area contributed by atoms with Gasteiger partial charge in [0.2, 0.25) is 5.91 Å². The summed E-state index contributed by atoms with van der Waals surface area (Å²) in [6.45, 7) is 1.75. The maximum atomic E-state index is 11.8. The molecule has 0 radical (unpaired) electrons. The lowest BCUT2D eigenvalue weighted by Gasteiger charge is -2.10. The van der Waals surface area contributed by atoms with E-state index in [9.17, 15) is 9.59 Å². The molecule has 0 fully saturated rings. The van der Waals surface area contributed by atoms with Crippen LogP contribution >= 0.6 is 12.2 Å². The fourth-order valence-electron chi connectivity index (χ4n) is 1.94. The number of carbonyl (C=O) groups is 2. The van der Waals surface area contributed by atoms with Crippen molar-refractivity contribution in [3.05, 3.63) is 71.8 Å². The van der Waals surface area contributed by atoms with E-state index in [4.69, 9.17) is 17.0 Å². The SMILES string of the molecule is Cc1cccc(OCC(=O)NNC(=S)NC(=O)/C=C/c2ccccc2)c1. The molecule has 0 aromatic heterocycles. The van der Waals surface area contributed by atoms with Crippen LogP contribution in [0.15, 0.2) is 60.7 Å². The minimum atomic E-state index is -0.428. The maximum absolute atomic E-state index is 11.8. The van der Waals surface area contributed by atoms with Crippen molar-refractivity contribution >= 4 is 35.2 Å². The number of benzene rings is 2. The number of hydrazine groups is 1. The topological polar surface area (TPSA) is 79.5 Å². The lowest BCUT2D eigenvalue weighted by molar-refractivity contribution is -0.123. The molecule has 0 aliphatic rings. The average molecular weight is 369 g/mol. The van der Waals surface area contributed by atoms with Crippen LogP contribution in [0.5, 0.6) is 5.75 Å². The Labute approximate surface area is 157 Å². The molecule has 2 aromatic rings. The van der Waals surface area contributed by atoms with Gasteiger partial charge in [-0.25, -0.2) is 0 Å². The molecule has 26 heavy (non-hydrogen) atoms. The Morgan fingerprint density at radius 1 is 1.08 bits per heavy atom.